The summed E-state index contributed by atoms with van der Waals surface area (Å²) in [6, 6.07) is -1.08. The molecule has 1 amide bonds. The van der Waals surface area contributed by atoms with Crippen molar-refractivity contribution in [1.82, 2.24) is 5.48 Å². The van der Waals surface area contributed by atoms with Crippen molar-refractivity contribution in [3.05, 3.63) is 72.9 Å². The number of carbonyl (C=O) groups excluding carboxylic acids is 2. The van der Waals surface area contributed by atoms with E-state index in [0.717, 1.165) is 0 Å². The van der Waals surface area contributed by atoms with Crippen LogP contribution in [0, 0.1) is 5.92 Å². The molecule has 0 radical (unpaired) electrons. The van der Waals surface area contributed by atoms with Crippen molar-refractivity contribution in [2.24, 2.45) is 11.7 Å². The van der Waals surface area contributed by atoms with Gasteiger partial charge < -0.3 is 50.2 Å². The van der Waals surface area contributed by atoms with Gasteiger partial charge in [-0.2, -0.15) is 0 Å². The predicted octanol–water partition coefficient (Wildman–Crippen LogP) is 0.329. The van der Waals surface area contributed by atoms with E-state index in [2.05, 4.69) is 0 Å². The van der Waals surface area contributed by atoms with Crippen LogP contribution in [0.2, 0.25) is 0 Å². The Morgan fingerprint density at radius 3 is 2.34 bits per heavy atom. The fraction of sp³-hybridized carbons (Fsp3) is 0.576. The Morgan fingerprint density at radius 2 is 1.62 bits per heavy atom. The number of hydrogen-bond acceptors (Lipinski definition) is 13. The van der Waals surface area contributed by atoms with Gasteiger partial charge in [0.05, 0.1) is 48.6 Å². The number of nitrogens with one attached hydrogen (secondary N) is 1. The lowest BCUT2D eigenvalue weighted by atomic mass is 9.82. The van der Waals surface area contributed by atoms with Crippen molar-refractivity contribution in [1.29, 1.82) is 0 Å². The number of esters is 1. The van der Waals surface area contributed by atoms with Crippen LogP contribution in [-0.2, 0) is 28.5 Å². The molecule has 0 aromatic carbocycles. The third kappa shape index (κ3) is 11.9. The Bertz CT molecular complexity index is 1200. The first-order valence-corrected chi connectivity index (χ1v) is 15.7. The maximum atomic E-state index is 12.7. The molecule has 0 aliphatic carbocycles. The van der Waals surface area contributed by atoms with Gasteiger partial charge in [0.25, 0.3) is 5.91 Å². The number of hydroxylamine groups is 1. The second-order valence-electron chi connectivity index (χ2n) is 12.0. The molecule has 3 aliphatic heterocycles. The maximum Gasteiger partial charge on any atom is 0.331 e. The van der Waals surface area contributed by atoms with E-state index in [-0.39, 0.29) is 25.4 Å². The Balaban J connectivity index is 1.92. The summed E-state index contributed by atoms with van der Waals surface area (Å²) in [4.78, 5) is 24.7. The number of carbonyl (C=O) groups is 2. The molecule has 5 unspecified atom stereocenters. The van der Waals surface area contributed by atoms with E-state index in [9.17, 15) is 40.3 Å². The first kappa shape index (κ1) is 38.4. The molecule has 0 spiro atoms. The number of hydrogen-bond donors (Lipinski definition) is 8. The van der Waals surface area contributed by atoms with Crippen LogP contribution in [0.3, 0.4) is 0 Å². The van der Waals surface area contributed by atoms with Crippen molar-refractivity contribution >= 4 is 11.9 Å². The monoisotopic (exact) mass is 664 g/mol. The quantitative estimate of drug-likeness (QED) is 0.116. The second-order valence-corrected chi connectivity index (χ2v) is 12.0. The highest BCUT2D eigenvalue weighted by molar-refractivity contribution is 5.82. The van der Waals surface area contributed by atoms with Gasteiger partial charge in [0.15, 0.2) is 12.1 Å². The fourth-order valence-electron chi connectivity index (χ4n) is 5.59. The molecule has 2 bridgehead atoms. The summed E-state index contributed by atoms with van der Waals surface area (Å²) < 4.78 is 23.0. The van der Waals surface area contributed by atoms with Gasteiger partial charge >= 0.3 is 5.97 Å². The SMILES string of the molecule is C[C@@H]1C/C=C/C=C/C=C/C=C/[C@H](OC2O[C@H](C)[C@@H](O)[C@H](N)C2O)CC2OC(O)(CC(O)[C@H]2C(=O)NO)C[C@@H](O)C/C=C/C=C/C(=O)O1. The number of aliphatic hydroxyl groups excluding tert-OH is 4. The standard InChI is InChI=1S/C33H48N2O12/c1-20-13-9-6-4-3-5-7-11-15-23(46-32-30(40)28(34)29(39)21(2)45-32)17-25-27(31(41)35-43)24(37)19-33(42,47-25)18-22(36)14-10-8-12-16-26(38)44-20/h3-12,15-16,20-25,27-30,32,36-37,39-40,42-43H,13-14,17-19,34H2,1-2H3,(H,35,41)/b4-3+,7-5+,9-6+,10-8+,15-11+,16-12+/t20-,21-,22+,23+,24?,25?,27-,28+,29-,30?,32?,33?/m1/s1. The minimum absolute atomic E-state index is 0.0586. The number of allylic oxidation sites excluding steroid dienone is 8. The van der Waals surface area contributed by atoms with Crippen molar-refractivity contribution in [2.45, 2.75) is 113 Å². The zero-order valence-electron chi connectivity index (χ0n) is 26.5. The summed E-state index contributed by atoms with van der Waals surface area (Å²) in [7, 11) is 0. The van der Waals surface area contributed by atoms with Crippen LogP contribution in [0.4, 0.5) is 0 Å². The summed E-state index contributed by atoms with van der Waals surface area (Å²) >= 11 is 0. The number of nitrogens with two attached hydrogens (primary N) is 1. The molecule has 14 heteroatoms. The topological polar surface area (TPSA) is 230 Å². The third-order valence-electron chi connectivity index (χ3n) is 8.04. The van der Waals surface area contributed by atoms with E-state index in [1.165, 1.54) is 17.6 Å². The summed E-state index contributed by atoms with van der Waals surface area (Å²) in [6.45, 7) is 3.34. The lowest BCUT2D eigenvalue weighted by molar-refractivity contribution is -0.307. The van der Waals surface area contributed by atoms with E-state index in [4.69, 9.17) is 24.7 Å². The highest BCUT2D eigenvalue weighted by Crippen LogP contribution is 2.38. The van der Waals surface area contributed by atoms with Crippen molar-refractivity contribution in [3.63, 3.8) is 0 Å². The van der Waals surface area contributed by atoms with E-state index in [1.807, 2.05) is 6.08 Å². The van der Waals surface area contributed by atoms with E-state index >= 15 is 0 Å². The minimum atomic E-state index is -2.08. The molecule has 47 heavy (non-hydrogen) atoms. The predicted molar refractivity (Wildman–Crippen MR) is 168 cm³/mol. The molecule has 14 nitrogen and oxygen atoms in total. The number of aliphatic hydroxyl groups is 5. The van der Waals surface area contributed by atoms with Gasteiger partial charge in [0.2, 0.25) is 0 Å². The number of rotatable bonds is 3. The Labute approximate surface area is 274 Å². The molecule has 12 atom stereocenters. The molecule has 262 valence electrons. The average Bonchev–Trinajstić information content (AvgIpc) is 3.00. The first-order valence-electron chi connectivity index (χ1n) is 15.7. The molecule has 0 aromatic heterocycles. The summed E-state index contributed by atoms with van der Waals surface area (Å²) in [5.41, 5.74) is 7.51. The summed E-state index contributed by atoms with van der Waals surface area (Å²) in [6.07, 6.45) is 9.34. The van der Waals surface area contributed by atoms with Crippen LogP contribution in [-0.4, -0.2) is 110 Å². The lowest BCUT2D eigenvalue weighted by Crippen LogP contribution is -2.62. The summed E-state index contributed by atoms with van der Waals surface area (Å²) in [5, 5.41) is 63.3. The van der Waals surface area contributed by atoms with Crippen molar-refractivity contribution in [3.8, 4) is 0 Å². The van der Waals surface area contributed by atoms with Gasteiger partial charge in [0.1, 0.15) is 12.2 Å². The lowest BCUT2D eigenvalue weighted by Gasteiger charge is -2.45. The molecule has 0 aromatic rings. The number of fused-ring (bicyclic) bond motifs is 2. The smallest absolute Gasteiger partial charge is 0.331 e. The Hall–Kier alpha value is -3.02. The summed E-state index contributed by atoms with van der Waals surface area (Å²) in [5.74, 6) is -4.92. The number of amides is 1. The van der Waals surface area contributed by atoms with E-state index < -0.39 is 85.1 Å². The second kappa shape index (κ2) is 18.5. The van der Waals surface area contributed by atoms with Crippen LogP contribution >= 0.6 is 0 Å². The van der Waals surface area contributed by atoms with Gasteiger partial charge in [-0.15, -0.1) is 0 Å². The molecule has 2 fully saturated rings. The molecular formula is C33H48N2O12. The van der Waals surface area contributed by atoms with Crippen LogP contribution in [0.5, 0.6) is 0 Å². The van der Waals surface area contributed by atoms with Crippen molar-refractivity contribution in [2.75, 3.05) is 0 Å². The fourth-order valence-corrected chi connectivity index (χ4v) is 5.59. The van der Waals surface area contributed by atoms with Crippen LogP contribution < -0.4 is 11.2 Å². The van der Waals surface area contributed by atoms with Crippen LogP contribution in [0.1, 0.15) is 46.0 Å². The number of ether oxygens (including phenoxy) is 4. The normalized spacial score (nSPS) is 43.7. The van der Waals surface area contributed by atoms with Gasteiger partial charge in [-0.25, -0.2) is 10.3 Å². The molecule has 0 saturated carbocycles. The zero-order valence-corrected chi connectivity index (χ0v) is 26.5. The largest absolute Gasteiger partial charge is 0.459 e. The average molecular weight is 665 g/mol. The molecular weight excluding hydrogens is 616 g/mol. The Kier molecular flexibility index (Phi) is 15.1. The Morgan fingerprint density at radius 1 is 0.957 bits per heavy atom. The minimum Gasteiger partial charge on any atom is -0.459 e. The molecule has 3 heterocycles. The molecule has 3 rings (SSSR count). The maximum absolute atomic E-state index is 12.7. The highest BCUT2D eigenvalue weighted by Gasteiger charge is 2.50. The third-order valence-corrected chi connectivity index (χ3v) is 8.04. The first-order chi connectivity index (χ1) is 22.3. The van der Waals surface area contributed by atoms with Gasteiger partial charge in [-0.1, -0.05) is 66.8 Å². The highest BCUT2D eigenvalue weighted by atomic mass is 16.7. The molecule has 3 aliphatic rings. The van der Waals surface area contributed by atoms with Crippen LogP contribution in [0.25, 0.3) is 0 Å². The van der Waals surface area contributed by atoms with Gasteiger partial charge in [-0.3, -0.25) is 10.0 Å². The van der Waals surface area contributed by atoms with E-state index in [0.29, 0.717) is 6.42 Å². The molecule has 9 N–H and O–H groups in total. The molecule has 2 saturated heterocycles. The zero-order chi connectivity index (χ0) is 34.6. The van der Waals surface area contributed by atoms with Gasteiger partial charge in [0, 0.05) is 31.8 Å². The van der Waals surface area contributed by atoms with Crippen molar-refractivity contribution < 1.29 is 59.3 Å². The van der Waals surface area contributed by atoms with E-state index in [1.54, 1.807) is 68.5 Å². The van der Waals surface area contributed by atoms with Gasteiger partial charge in [-0.05, 0) is 20.3 Å². The van der Waals surface area contributed by atoms with Crippen LogP contribution in [0.15, 0.2) is 72.9 Å². The number of cyclic esters (lactones) is 1.